The van der Waals surface area contributed by atoms with Gasteiger partial charge in [0, 0.05) is 22.9 Å². The van der Waals surface area contributed by atoms with Crippen molar-refractivity contribution < 1.29 is 22.9 Å². The summed E-state index contributed by atoms with van der Waals surface area (Å²) >= 11 is 5.97. The summed E-state index contributed by atoms with van der Waals surface area (Å²) in [7, 11) is 0. The monoisotopic (exact) mass is 443 g/mol. The van der Waals surface area contributed by atoms with E-state index in [0.29, 0.717) is 22.4 Å². The van der Waals surface area contributed by atoms with Crippen molar-refractivity contribution in [2.24, 2.45) is 0 Å². The average molecular weight is 444 g/mol. The second kappa shape index (κ2) is 7.77. The Morgan fingerprint density at radius 3 is 2.61 bits per heavy atom. The summed E-state index contributed by atoms with van der Waals surface area (Å²) in [6, 6.07) is 10.5. The molecule has 31 heavy (non-hydrogen) atoms. The van der Waals surface area contributed by atoms with Crippen LogP contribution in [0, 0.1) is 28.7 Å². The molecule has 156 valence electrons. The number of oxazole rings is 1. The highest BCUT2D eigenvalue weighted by Crippen LogP contribution is 2.32. The molecule has 1 heterocycles. The van der Waals surface area contributed by atoms with Gasteiger partial charge in [-0.3, -0.25) is 14.9 Å². The summed E-state index contributed by atoms with van der Waals surface area (Å²) in [5.74, 6) is -2.75. The Balaban J connectivity index is 1.63. The van der Waals surface area contributed by atoms with Crippen molar-refractivity contribution in [1.29, 1.82) is 0 Å². The molecule has 0 spiro atoms. The molecule has 1 N–H and O–H groups in total. The second-order valence-electron chi connectivity index (χ2n) is 6.66. The maximum absolute atomic E-state index is 13.6. The van der Waals surface area contributed by atoms with Gasteiger partial charge in [0.1, 0.15) is 5.52 Å². The number of rotatable bonds is 4. The normalized spacial score (nSPS) is 11.0. The van der Waals surface area contributed by atoms with Crippen LogP contribution in [0.15, 0.2) is 52.9 Å². The fourth-order valence-corrected chi connectivity index (χ4v) is 3.19. The number of nitrogens with one attached hydrogen (secondary N) is 1. The van der Waals surface area contributed by atoms with Gasteiger partial charge in [-0.05, 0) is 43.3 Å². The fraction of sp³-hybridized carbons (Fsp3) is 0.0476. The van der Waals surface area contributed by atoms with E-state index in [1.54, 1.807) is 13.0 Å². The lowest BCUT2D eigenvalue weighted by Crippen LogP contribution is -2.12. The summed E-state index contributed by atoms with van der Waals surface area (Å²) < 4.78 is 32.4. The Kier molecular flexibility index (Phi) is 5.12. The van der Waals surface area contributed by atoms with Crippen LogP contribution >= 0.6 is 11.6 Å². The largest absolute Gasteiger partial charge is 0.436 e. The predicted octanol–water partition coefficient (Wildman–Crippen LogP) is 5.90. The van der Waals surface area contributed by atoms with Crippen molar-refractivity contribution >= 4 is 40.0 Å². The summed E-state index contributed by atoms with van der Waals surface area (Å²) in [5, 5.41) is 13.7. The van der Waals surface area contributed by atoms with Gasteiger partial charge in [0.25, 0.3) is 11.6 Å². The van der Waals surface area contributed by atoms with E-state index >= 15 is 0 Å². The van der Waals surface area contributed by atoms with Crippen LogP contribution in [-0.2, 0) is 0 Å². The molecule has 0 unspecified atom stereocenters. The number of hydrogen-bond donors (Lipinski definition) is 1. The molecular formula is C21H12ClF2N3O4. The number of nitro groups is 1. The molecule has 0 atom stereocenters. The quantitative estimate of drug-likeness (QED) is 0.241. The number of carbonyl (C=O) groups is 1. The summed E-state index contributed by atoms with van der Waals surface area (Å²) in [4.78, 5) is 27.3. The van der Waals surface area contributed by atoms with Gasteiger partial charge in [-0.25, -0.2) is 13.8 Å². The number of nitro benzene ring substituents is 1. The number of aromatic nitrogens is 1. The molecule has 0 aliphatic heterocycles. The Morgan fingerprint density at radius 1 is 1.13 bits per heavy atom. The fourth-order valence-electron chi connectivity index (χ4n) is 2.96. The van der Waals surface area contributed by atoms with Crippen LogP contribution < -0.4 is 5.32 Å². The van der Waals surface area contributed by atoms with Gasteiger partial charge in [0.2, 0.25) is 5.89 Å². The van der Waals surface area contributed by atoms with E-state index in [0.717, 1.165) is 12.1 Å². The minimum absolute atomic E-state index is 0.0171. The summed E-state index contributed by atoms with van der Waals surface area (Å²) in [6.07, 6.45) is 0. The third-order valence-electron chi connectivity index (χ3n) is 4.55. The van der Waals surface area contributed by atoms with Crippen molar-refractivity contribution in [3.05, 3.63) is 86.4 Å². The molecule has 10 heteroatoms. The number of halogens is 3. The third-order valence-corrected chi connectivity index (χ3v) is 4.87. The number of carbonyl (C=O) groups excluding carboxylic acids is 1. The lowest BCUT2D eigenvalue weighted by Gasteiger charge is -2.06. The molecule has 0 saturated carbocycles. The van der Waals surface area contributed by atoms with Crippen LogP contribution in [0.5, 0.6) is 0 Å². The number of hydrogen-bond acceptors (Lipinski definition) is 5. The van der Waals surface area contributed by atoms with Gasteiger partial charge in [-0.2, -0.15) is 0 Å². The molecule has 0 bridgehead atoms. The Labute approximate surface area is 178 Å². The van der Waals surface area contributed by atoms with Gasteiger partial charge in [-0.15, -0.1) is 0 Å². The molecule has 0 fully saturated rings. The van der Waals surface area contributed by atoms with Gasteiger partial charge < -0.3 is 9.73 Å². The molecule has 4 rings (SSSR count). The second-order valence-corrected chi connectivity index (χ2v) is 7.07. The van der Waals surface area contributed by atoms with Crippen molar-refractivity contribution in [1.82, 2.24) is 4.98 Å². The highest BCUT2D eigenvalue weighted by Gasteiger charge is 2.18. The van der Waals surface area contributed by atoms with E-state index in [9.17, 15) is 23.7 Å². The zero-order valence-electron chi connectivity index (χ0n) is 15.8. The Morgan fingerprint density at radius 2 is 1.87 bits per heavy atom. The van der Waals surface area contributed by atoms with Crippen LogP contribution in [-0.4, -0.2) is 15.8 Å². The van der Waals surface area contributed by atoms with Crippen LogP contribution in [0.1, 0.15) is 15.9 Å². The highest BCUT2D eigenvalue weighted by molar-refractivity contribution is 6.33. The molecule has 1 aromatic heterocycles. The van der Waals surface area contributed by atoms with Crippen molar-refractivity contribution in [2.75, 3.05) is 5.32 Å². The first kappa shape index (κ1) is 20.4. The topological polar surface area (TPSA) is 98.3 Å². The Hall–Kier alpha value is -3.85. The minimum atomic E-state index is -1.10. The minimum Gasteiger partial charge on any atom is -0.436 e. The number of aryl methyl sites for hydroxylation is 1. The van der Waals surface area contributed by atoms with Crippen molar-refractivity contribution in [3.63, 3.8) is 0 Å². The number of anilines is 1. The lowest BCUT2D eigenvalue weighted by molar-refractivity contribution is -0.385. The van der Waals surface area contributed by atoms with Gasteiger partial charge in [0.15, 0.2) is 17.2 Å². The lowest BCUT2D eigenvalue weighted by atomic mass is 10.1. The van der Waals surface area contributed by atoms with Gasteiger partial charge >= 0.3 is 0 Å². The third kappa shape index (κ3) is 3.95. The first-order valence-corrected chi connectivity index (χ1v) is 9.22. The first-order valence-electron chi connectivity index (χ1n) is 8.85. The van der Waals surface area contributed by atoms with Crippen LogP contribution in [0.2, 0.25) is 5.02 Å². The zero-order valence-corrected chi connectivity index (χ0v) is 16.5. The maximum atomic E-state index is 13.6. The molecule has 3 aromatic carbocycles. The first-order chi connectivity index (χ1) is 14.7. The SMILES string of the molecule is Cc1ccc(C(=O)Nc2ccc3oc(-c4cc(F)c(F)cc4Cl)nc3c2)cc1[N+](=O)[O-]. The molecule has 4 aromatic rings. The molecule has 0 aliphatic rings. The molecule has 0 aliphatic carbocycles. The predicted molar refractivity (Wildman–Crippen MR) is 110 cm³/mol. The number of amides is 1. The van der Waals surface area contributed by atoms with Crippen LogP contribution in [0.25, 0.3) is 22.6 Å². The highest BCUT2D eigenvalue weighted by atomic mass is 35.5. The number of benzene rings is 3. The van der Waals surface area contributed by atoms with E-state index < -0.39 is 22.5 Å². The average Bonchev–Trinajstić information content (AvgIpc) is 3.13. The van der Waals surface area contributed by atoms with Crippen LogP contribution in [0.4, 0.5) is 20.2 Å². The molecular weight excluding hydrogens is 432 g/mol. The zero-order chi connectivity index (χ0) is 22.3. The summed E-state index contributed by atoms with van der Waals surface area (Å²) in [5.41, 5.74) is 1.50. The summed E-state index contributed by atoms with van der Waals surface area (Å²) in [6.45, 7) is 1.58. The Bertz CT molecular complexity index is 1370. The smallest absolute Gasteiger partial charge is 0.273 e. The van der Waals surface area contributed by atoms with Gasteiger partial charge in [0.05, 0.1) is 15.5 Å². The molecule has 1 amide bonds. The molecule has 7 nitrogen and oxygen atoms in total. The van der Waals surface area contributed by atoms with E-state index in [4.69, 9.17) is 16.0 Å². The van der Waals surface area contributed by atoms with Crippen molar-refractivity contribution in [2.45, 2.75) is 6.92 Å². The maximum Gasteiger partial charge on any atom is 0.273 e. The van der Waals surface area contributed by atoms with E-state index in [1.807, 2.05) is 0 Å². The van der Waals surface area contributed by atoms with E-state index in [-0.39, 0.29) is 27.7 Å². The van der Waals surface area contributed by atoms with Crippen molar-refractivity contribution in [3.8, 4) is 11.5 Å². The van der Waals surface area contributed by atoms with E-state index in [1.165, 1.54) is 30.3 Å². The van der Waals surface area contributed by atoms with Crippen LogP contribution in [0.3, 0.4) is 0 Å². The molecule has 0 saturated heterocycles. The number of fused-ring (bicyclic) bond motifs is 1. The van der Waals surface area contributed by atoms with E-state index in [2.05, 4.69) is 10.3 Å². The number of nitrogens with zero attached hydrogens (tertiary/aromatic N) is 2. The van der Waals surface area contributed by atoms with Gasteiger partial charge in [-0.1, -0.05) is 17.7 Å². The molecule has 0 radical (unpaired) electrons. The standard InChI is InChI=1S/C21H12ClF2N3O4/c1-10-2-3-11(6-18(10)27(29)30)20(28)25-12-4-5-19-17(7-12)26-21(31-19)13-8-15(23)16(24)9-14(13)22/h2-9H,1H3,(H,25,28).